The van der Waals surface area contributed by atoms with Gasteiger partial charge in [0.1, 0.15) is 6.04 Å². The Bertz CT molecular complexity index is 347. The van der Waals surface area contributed by atoms with Crippen LogP contribution in [-0.2, 0) is 4.79 Å². The average molecular weight is 268 g/mol. The standard InChI is InChI=1S/C13H24N4O2/c1-7(16-13(15)19)12(18)17-11-8-3-2-4-9(11)6-10(14)5-8/h7-11H,2-6,14H2,1H3,(H,17,18)(H3,15,16,19). The van der Waals surface area contributed by atoms with Crippen molar-refractivity contribution in [3.8, 4) is 0 Å². The van der Waals surface area contributed by atoms with E-state index in [0.29, 0.717) is 11.8 Å². The molecule has 19 heavy (non-hydrogen) atoms. The number of carbonyl (C=O) groups excluding carboxylic acids is 2. The number of carbonyl (C=O) groups is 2. The van der Waals surface area contributed by atoms with E-state index in [1.54, 1.807) is 6.92 Å². The van der Waals surface area contributed by atoms with E-state index in [9.17, 15) is 9.59 Å². The molecule has 0 heterocycles. The minimum Gasteiger partial charge on any atom is -0.352 e. The minimum absolute atomic E-state index is 0.156. The highest BCUT2D eigenvalue weighted by molar-refractivity contribution is 5.86. The number of urea groups is 1. The van der Waals surface area contributed by atoms with E-state index in [-0.39, 0.29) is 18.0 Å². The molecule has 2 fully saturated rings. The second-order valence-electron chi connectivity index (χ2n) is 5.95. The molecule has 0 radical (unpaired) electrons. The van der Waals surface area contributed by atoms with Crippen LogP contribution < -0.4 is 22.1 Å². The van der Waals surface area contributed by atoms with Crippen LogP contribution in [0, 0.1) is 11.8 Å². The number of nitrogens with one attached hydrogen (secondary N) is 2. The molecule has 0 aromatic heterocycles. The Morgan fingerprint density at radius 1 is 1.21 bits per heavy atom. The van der Waals surface area contributed by atoms with Gasteiger partial charge in [0.15, 0.2) is 0 Å². The van der Waals surface area contributed by atoms with Crippen LogP contribution >= 0.6 is 0 Å². The zero-order chi connectivity index (χ0) is 14.0. The summed E-state index contributed by atoms with van der Waals surface area (Å²) >= 11 is 0. The van der Waals surface area contributed by atoms with Crippen LogP contribution in [-0.4, -0.2) is 30.1 Å². The van der Waals surface area contributed by atoms with Crippen molar-refractivity contribution in [3.63, 3.8) is 0 Å². The topological polar surface area (TPSA) is 110 Å². The molecular formula is C13H24N4O2. The molecule has 6 N–H and O–H groups in total. The summed E-state index contributed by atoms with van der Waals surface area (Å²) in [6.07, 6.45) is 5.46. The maximum Gasteiger partial charge on any atom is 0.312 e. The van der Waals surface area contributed by atoms with Crippen LogP contribution in [0.2, 0.25) is 0 Å². The van der Waals surface area contributed by atoms with Crippen molar-refractivity contribution in [3.05, 3.63) is 0 Å². The van der Waals surface area contributed by atoms with Gasteiger partial charge >= 0.3 is 6.03 Å². The molecule has 2 aliphatic rings. The minimum atomic E-state index is -0.673. The highest BCUT2D eigenvalue weighted by atomic mass is 16.2. The van der Waals surface area contributed by atoms with Gasteiger partial charge in [-0.15, -0.1) is 0 Å². The van der Waals surface area contributed by atoms with E-state index in [1.165, 1.54) is 6.42 Å². The van der Waals surface area contributed by atoms with E-state index in [4.69, 9.17) is 11.5 Å². The Labute approximate surface area is 113 Å². The van der Waals surface area contributed by atoms with E-state index in [1.807, 2.05) is 0 Å². The molecule has 2 aliphatic carbocycles. The molecule has 0 aromatic carbocycles. The number of hydrogen-bond donors (Lipinski definition) is 4. The fraction of sp³-hybridized carbons (Fsp3) is 0.846. The molecule has 2 rings (SSSR count). The third kappa shape index (κ3) is 3.37. The smallest absolute Gasteiger partial charge is 0.312 e. The Balaban J connectivity index is 1.94. The summed E-state index contributed by atoms with van der Waals surface area (Å²) in [5.41, 5.74) is 11.1. The van der Waals surface area contributed by atoms with E-state index in [2.05, 4.69) is 10.6 Å². The van der Waals surface area contributed by atoms with Crippen LogP contribution in [0.3, 0.4) is 0 Å². The number of nitrogens with two attached hydrogens (primary N) is 2. The van der Waals surface area contributed by atoms with E-state index < -0.39 is 12.1 Å². The summed E-state index contributed by atoms with van der Waals surface area (Å²) in [7, 11) is 0. The number of rotatable bonds is 3. The van der Waals surface area contributed by atoms with Gasteiger partial charge in [-0.2, -0.15) is 0 Å². The number of hydrogen-bond acceptors (Lipinski definition) is 3. The lowest BCUT2D eigenvalue weighted by Crippen LogP contribution is -2.57. The lowest BCUT2D eigenvalue weighted by molar-refractivity contribution is -0.124. The fourth-order valence-electron chi connectivity index (χ4n) is 3.59. The van der Waals surface area contributed by atoms with Gasteiger partial charge in [0, 0.05) is 12.1 Å². The van der Waals surface area contributed by atoms with E-state index in [0.717, 1.165) is 25.7 Å². The lowest BCUT2D eigenvalue weighted by Gasteiger charge is -2.45. The van der Waals surface area contributed by atoms with Crippen molar-refractivity contribution in [2.24, 2.45) is 23.3 Å². The summed E-state index contributed by atoms with van der Waals surface area (Å²) < 4.78 is 0. The largest absolute Gasteiger partial charge is 0.352 e. The normalized spacial score (nSPS) is 35.3. The molecule has 3 unspecified atom stereocenters. The molecular weight excluding hydrogens is 244 g/mol. The monoisotopic (exact) mass is 268 g/mol. The van der Waals surface area contributed by atoms with Crippen molar-refractivity contribution in [2.45, 2.75) is 57.2 Å². The van der Waals surface area contributed by atoms with Gasteiger partial charge in [-0.1, -0.05) is 6.42 Å². The molecule has 6 nitrogen and oxygen atoms in total. The van der Waals surface area contributed by atoms with Crippen LogP contribution in [0.15, 0.2) is 0 Å². The first-order valence-electron chi connectivity index (χ1n) is 7.09. The van der Waals surface area contributed by atoms with Crippen LogP contribution in [0.4, 0.5) is 4.79 Å². The van der Waals surface area contributed by atoms with Crippen LogP contribution in [0.5, 0.6) is 0 Å². The first-order chi connectivity index (χ1) is 8.97. The Hall–Kier alpha value is -1.30. The van der Waals surface area contributed by atoms with Crippen molar-refractivity contribution < 1.29 is 9.59 Å². The molecule has 108 valence electrons. The lowest BCUT2D eigenvalue weighted by atomic mass is 9.67. The number of amides is 3. The third-order valence-corrected chi connectivity index (χ3v) is 4.44. The summed E-state index contributed by atoms with van der Waals surface area (Å²) in [5.74, 6) is 0.802. The predicted molar refractivity (Wildman–Crippen MR) is 72.2 cm³/mol. The molecule has 0 spiro atoms. The maximum atomic E-state index is 12.0. The van der Waals surface area contributed by atoms with Crippen molar-refractivity contribution in [2.75, 3.05) is 0 Å². The van der Waals surface area contributed by atoms with Crippen molar-refractivity contribution in [1.29, 1.82) is 0 Å². The van der Waals surface area contributed by atoms with E-state index >= 15 is 0 Å². The molecule has 0 saturated heterocycles. The molecule has 2 bridgehead atoms. The molecule has 2 saturated carbocycles. The second kappa shape index (κ2) is 5.77. The Kier molecular flexibility index (Phi) is 4.29. The number of fused-ring (bicyclic) bond motifs is 2. The van der Waals surface area contributed by atoms with Crippen LogP contribution in [0.1, 0.15) is 39.0 Å². The zero-order valence-corrected chi connectivity index (χ0v) is 11.4. The van der Waals surface area contributed by atoms with Gasteiger partial charge in [-0.25, -0.2) is 4.79 Å². The zero-order valence-electron chi connectivity index (χ0n) is 11.4. The summed E-state index contributed by atoms with van der Waals surface area (Å²) in [5, 5.41) is 5.49. The summed E-state index contributed by atoms with van der Waals surface area (Å²) in [4.78, 5) is 22.8. The highest BCUT2D eigenvalue weighted by Gasteiger charge is 2.40. The fourth-order valence-corrected chi connectivity index (χ4v) is 3.59. The van der Waals surface area contributed by atoms with Crippen molar-refractivity contribution >= 4 is 11.9 Å². The Morgan fingerprint density at radius 2 is 1.79 bits per heavy atom. The van der Waals surface area contributed by atoms with Gasteiger partial charge in [-0.05, 0) is 44.4 Å². The number of primary amides is 1. The first kappa shape index (κ1) is 14.1. The van der Waals surface area contributed by atoms with Gasteiger partial charge in [0.2, 0.25) is 5.91 Å². The van der Waals surface area contributed by atoms with Gasteiger partial charge in [0.25, 0.3) is 0 Å². The quantitative estimate of drug-likeness (QED) is 0.581. The average Bonchev–Trinajstić information content (AvgIpc) is 2.29. The maximum absolute atomic E-state index is 12.0. The Morgan fingerprint density at radius 3 is 2.32 bits per heavy atom. The SMILES string of the molecule is CC(NC(N)=O)C(=O)NC1C2CCCC1CC(N)C2. The summed E-state index contributed by atoms with van der Waals surface area (Å²) in [6, 6.07) is -0.787. The molecule has 3 amide bonds. The molecule has 3 atom stereocenters. The van der Waals surface area contributed by atoms with Gasteiger partial charge < -0.3 is 22.1 Å². The van der Waals surface area contributed by atoms with Gasteiger partial charge in [0.05, 0.1) is 0 Å². The predicted octanol–water partition coefficient (Wildman–Crippen LogP) is 0.0654. The molecule has 0 aliphatic heterocycles. The highest BCUT2D eigenvalue weighted by Crippen LogP contribution is 2.39. The van der Waals surface area contributed by atoms with Crippen molar-refractivity contribution in [1.82, 2.24) is 10.6 Å². The second-order valence-corrected chi connectivity index (χ2v) is 5.95. The van der Waals surface area contributed by atoms with Crippen LogP contribution in [0.25, 0.3) is 0 Å². The molecule has 0 aromatic rings. The summed E-state index contributed by atoms with van der Waals surface area (Å²) in [6.45, 7) is 1.64. The molecule has 6 heteroatoms. The van der Waals surface area contributed by atoms with Gasteiger partial charge in [-0.3, -0.25) is 4.79 Å². The third-order valence-electron chi connectivity index (χ3n) is 4.44. The first-order valence-corrected chi connectivity index (χ1v) is 7.09.